The van der Waals surface area contributed by atoms with Gasteiger partial charge in [0, 0.05) is 36.2 Å². The van der Waals surface area contributed by atoms with Crippen molar-refractivity contribution in [2.75, 3.05) is 30.8 Å². The zero-order chi connectivity index (χ0) is 31.5. The molecule has 0 bridgehead atoms. The van der Waals surface area contributed by atoms with Crippen LogP contribution in [0.1, 0.15) is 56.1 Å². The topological polar surface area (TPSA) is 82.6 Å². The van der Waals surface area contributed by atoms with Crippen molar-refractivity contribution in [1.82, 2.24) is 10.6 Å². The standard InChI is InChI=1S/C33H39F4N3O3S/c1-2-21-19-39-27(5-4-14-44-42)12-13-38-31(21)20-43-33-29(37)6-3-7-30(33)40-32(41)18-28(22-8-10-24(34)11-9-22)23-15-25(35)17-26(36)16-23/h3,6-11,15-17,21,27-28,31,38-39,42H,2,4-5,12-14,18-20H2,1H3,(H,40,41). The first-order chi connectivity index (χ1) is 21.3. The lowest BCUT2D eigenvalue weighted by atomic mass is 9.88. The quantitative estimate of drug-likeness (QED) is 0.0913. The molecule has 6 nitrogen and oxygen atoms in total. The van der Waals surface area contributed by atoms with Crippen LogP contribution in [-0.2, 0) is 4.79 Å². The van der Waals surface area contributed by atoms with Gasteiger partial charge in [0.05, 0.1) is 5.69 Å². The van der Waals surface area contributed by atoms with E-state index in [0.717, 1.165) is 69.0 Å². The third kappa shape index (κ3) is 9.69. The fourth-order valence-electron chi connectivity index (χ4n) is 5.65. The van der Waals surface area contributed by atoms with Gasteiger partial charge in [0.2, 0.25) is 5.91 Å². The van der Waals surface area contributed by atoms with Crippen LogP contribution in [0, 0.1) is 29.2 Å². The number of ether oxygens (including phenoxy) is 1. The molecule has 0 aliphatic carbocycles. The monoisotopic (exact) mass is 633 g/mol. The Balaban J connectivity index is 1.45. The molecule has 4 atom stereocenters. The van der Waals surface area contributed by atoms with Crippen LogP contribution in [0.5, 0.6) is 5.75 Å². The van der Waals surface area contributed by atoms with E-state index in [0.29, 0.717) is 17.4 Å². The number of nitrogens with one attached hydrogen (secondary N) is 3. The second-order valence-electron chi connectivity index (χ2n) is 11.1. The lowest BCUT2D eigenvalue weighted by Gasteiger charge is -2.33. The van der Waals surface area contributed by atoms with Crippen molar-refractivity contribution in [3.8, 4) is 5.75 Å². The molecule has 0 saturated carbocycles. The molecular formula is C33H39F4N3O3S. The van der Waals surface area contributed by atoms with E-state index >= 15 is 4.39 Å². The molecule has 3 aromatic carbocycles. The highest BCUT2D eigenvalue weighted by Crippen LogP contribution is 2.32. The van der Waals surface area contributed by atoms with E-state index in [1.165, 1.54) is 42.5 Å². The van der Waals surface area contributed by atoms with Gasteiger partial charge in [0.15, 0.2) is 11.6 Å². The van der Waals surface area contributed by atoms with Crippen LogP contribution >= 0.6 is 12.0 Å². The highest BCUT2D eigenvalue weighted by atomic mass is 32.2. The van der Waals surface area contributed by atoms with Gasteiger partial charge in [0.1, 0.15) is 24.1 Å². The number of carbonyl (C=O) groups is 1. The molecule has 0 spiro atoms. The SMILES string of the molecule is CCC1CNC(CCCSO)CCNC1COc1c(F)cccc1NC(=O)CC(c1ccc(F)cc1)c1cc(F)cc(F)c1. The van der Waals surface area contributed by atoms with E-state index in [-0.39, 0.29) is 42.0 Å². The maximum Gasteiger partial charge on any atom is 0.225 e. The number of rotatable bonds is 13. The smallest absolute Gasteiger partial charge is 0.225 e. The Labute approximate surface area is 260 Å². The summed E-state index contributed by atoms with van der Waals surface area (Å²) in [6.45, 7) is 3.79. The van der Waals surface area contributed by atoms with E-state index < -0.39 is 35.1 Å². The van der Waals surface area contributed by atoms with Gasteiger partial charge in [-0.2, -0.15) is 0 Å². The predicted molar refractivity (Wildman–Crippen MR) is 166 cm³/mol. The maximum absolute atomic E-state index is 15.0. The highest BCUT2D eigenvalue weighted by molar-refractivity contribution is 7.93. The Morgan fingerprint density at radius 2 is 1.77 bits per heavy atom. The van der Waals surface area contributed by atoms with Crippen LogP contribution in [0.4, 0.5) is 23.2 Å². The number of hydrogen-bond acceptors (Lipinski definition) is 6. The summed E-state index contributed by atoms with van der Waals surface area (Å²) in [6, 6.07) is 12.9. The Kier molecular flexibility index (Phi) is 12.9. The number of hydrogen-bond donors (Lipinski definition) is 4. The number of carbonyl (C=O) groups excluding carboxylic acids is 1. The normalized spacial score (nSPS) is 19.5. The van der Waals surface area contributed by atoms with Gasteiger partial charge in [-0.1, -0.05) is 31.5 Å². The van der Waals surface area contributed by atoms with Gasteiger partial charge in [-0.3, -0.25) is 4.79 Å². The molecule has 11 heteroatoms. The minimum Gasteiger partial charge on any atom is -0.487 e. The Hall–Kier alpha value is -3.12. The van der Waals surface area contributed by atoms with E-state index in [4.69, 9.17) is 9.29 Å². The molecule has 3 aromatic rings. The first-order valence-electron chi connectivity index (χ1n) is 14.9. The molecule has 4 rings (SSSR count). The molecule has 238 valence electrons. The zero-order valence-electron chi connectivity index (χ0n) is 24.6. The van der Waals surface area contributed by atoms with Crippen molar-refractivity contribution >= 4 is 23.6 Å². The number of para-hydroxylation sites is 1. The summed E-state index contributed by atoms with van der Waals surface area (Å²) in [5.74, 6) is -3.21. The van der Waals surface area contributed by atoms with Gasteiger partial charge in [-0.25, -0.2) is 17.6 Å². The summed E-state index contributed by atoms with van der Waals surface area (Å²) >= 11 is 0.861. The van der Waals surface area contributed by atoms with Crippen molar-refractivity contribution in [2.24, 2.45) is 5.92 Å². The highest BCUT2D eigenvalue weighted by Gasteiger charge is 2.26. The third-order valence-corrected chi connectivity index (χ3v) is 8.52. The molecule has 1 fully saturated rings. The average Bonchev–Trinajstić information content (AvgIpc) is 2.98. The Morgan fingerprint density at radius 1 is 1.02 bits per heavy atom. The number of halogens is 4. The Morgan fingerprint density at radius 3 is 2.48 bits per heavy atom. The van der Waals surface area contributed by atoms with Crippen molar-refractivity contribution in [3.63, 3.8) is 0 Å². The van der Waals surface area contributed by atoms with Crippen LogP contribution in [0.15, 0.2) is 60.7 Å². The summed E-state index contributed by atoms with van der Waals surface area (Å²) in [4.78, 5) is 13.3. The van der Waals surface area contributed by atoms with Crippen molar-refractivity contribution in [3.05, 3.63) is 95.1 Å². The van der Waals surface area contributed by atoms with Gasteiger partial charge in [-0.05, 0) is 97.8 Å². The lowest BCUT2D eigenvalue weighted by molar-refractivity contribution is -0.116. The average molecular weight is 634 g/mol. The number of amides is 1. The third-order valence-electron chi connectivity index (χ3n) is 8.05. The zero-order valence-corrected chi connectivity index (χ0v) is 25.4. The first-order valence-corrected chi connectivity index (χ1v) is 15.9. The molecule has 1 aliphatic heterocycles. The fourth-order valence-corrected chi connectivity index (χ4v) is 5.95. The van der Waals surface area contributed by atoms with Crippen LogP contribution < -0.4 is 20.7 Å². The van der Waals surface area contributed by atoms with Gasteiger partial charge in [-0.15, -0.1) is 0 Å². The first kappa shape index (κ1) is 33.8. The summed E-state index contributed by atoms with van der Waals surface area (Å²) < 4.78 is 71.9. The molecule has 1 heterocycles. The molecule has 4 unspecified atom stereocenters. The van der Waals surface area contributed by atoms with E-state index in [2.05, 4.69) is 22.9 Å². The molecule has 44 heavy (non-hydrogen) atoms. The van der Waals surface area contributed by atoms with Gasteiger partial charge < -0.3 is 25.2 Å². The van der Waals surface area contributed by atoms with Gasteiger partial charge in [0.25, 0.3) is 0 Å². The van der Waals surface area contributed by atoms with E-state index in [1.54, 1.807) is 0 Å². The minimum absolute atomic E-state index is 0.0599. The summed E-state index contributed by atoms with van der Waals surface area (Å²) in [6.07, 6.45) is 3.44. The van der Waals surface area contributed by atoms with Crippen LogP contribution in [-0.4, -0.2) is 48.0 Å². The fraction of sp³-hybridized carbons (Fsp3) is 0.424. The number of anilines is 1. The maximum atomic E-state index is 15.0. The molecular weight excluding hydrogens is 594 g/mol. The summed E-state index contributed by atoms with van der Waals surface area (Å²) in [7, 11) is 0. The van der Waals surface area contributed by atoms with Crippen molar-refractivity contribution < 1.29 is 31.6 Å². The van der Waals surface area contributed by atoms with Crippen LogP contribution in [0.25, 0.3) is 0 Å². The van der Waals surface area contributed by atoms with Crippen LogP contribution in [0.2, 0.25) is 0 Å². The molecule has 0 aromatic heterocycles. The molecule has 1 amide bonds. The molecule has 0 radical (unpaired) electrons. The minimum atomic E-state index is -0.798. The molecule has 1 aliphatic rings. The van der Waals surface area contributed by atoms with Crippen molar-refractivity contribution in [1.29, 1.82) is 0 Å². The van der Waals surface area contributed by atoms with Crippen molar-refractivity contribution in [2.45, 2.75) is 57.0 Å². The summed E-state index contributed by atoms with van der Waals surface area (Å²) in [5, 5.41) is 9.89. The van der Waals surface area contributed by atoms with Gasteiger partial charge >= 0.3 is 0 Å². The summed E-state index contributed by atoms with van der Waals surface area (Å²) in [5.41, 5.74) is 0.840. The number of benzene rings is 3. The molecule has 4 N–H and O–H groups in total. The van der Waals surface area contributed by atoms with Crippen LogP contribution in [0.3, 0.4) is 0 Å². The second kappa shape index (κ2) is 16.8. The molecule has 1 saturated heterocycles. The largest absolute Gasteiger partial charge is 0.487 e. The Bertz CT molecular complexity index is 1340. The second-order valence-corrected chi connectivity index (χ2v) is 11.8. The van der Waals surface area contributed by atoms with E-state index in [9.17, 15) is 18.0 Å². The predicted octanol–water partition coefficient (Wildman–Crippen LogP) is 7.12. The lowest BCUT2D eigenvalue weighted by Crippen LogP contribution is -2.50. The van der Waals surface area contributed by atoms with E-state index in [1.807, 2.05) is 0 Å².